The molecule has 2 atom stereocenters. The quantitative estimate of drug-likeness (QED) is 0.895. The van der Waals surface area contributed by atoms with Crippen LogP contribution in [0.4, 0.5) is 0 Å². The van der Waals surface area contributed by atoms with E-state index in [1.807, 2.05) is 24.2 Å². The predicted molar refractivity (Wildman–Crippen MR) is 78.8 cm³/mol. The van der Waals surface area contributed by atoms with Gasteiger partial charge in [0.1, 0.15) is 0 Å². The number of rotatable bonds is 2. The van der Waals surface area contributed by atoms with E-state index < -0.39 is 0 Å². The highest BCUT2D eigenvalue weighted by atomic mass is 32.2. The minimum absolute atomic E-state index is 0.0936. The summed E-state index contributed by atoms with van der Waals surface area (Å²) in [5.41, 5.74) is 7.82. The Morgan fingerprint density at radius 1 is 1.39 bits per heavy atom. The average Bonchev–Trinajstić information content (AvgIpc) is 2.85. The van der Waals surface area contributed by atoms with Crippen molar-refractivity contribution in [3.8, 4) is 0 Å². The van der Waals surface area contributed by atoms with Crippen molar-refractivity contribution in [2.75, 3.05) is 5.75 Å². The van der Waals surface area contributed by atoms with Crippen molar-refractivity contribution >= 4 is 22.5 Å². The number of hydrogen-bond donors (Lipinski definition) is 1. The smallest absolute Gasteiger partial charge is 0.0447 e. The summed E-state index contributed by atoms with van der Waals surface area (Å²) in [7, 11) is 0. The maximum absolute atomic E-state index is 6.56. The van der Waals surface area contributed by atoms with Crippen molar-refractivity contribution in [3.05, 3.63) is 42.2 Å². The largest absolute Gasteiger partial charge is 0.323 e. The van der Waals surface area contributed by atoms with Gasteiger partial charge in [-0.2, -0.15) is 11.8 Å². The van der Waals surface area contributed by atoms with Gasteiger partial charge in [0, 0.05) is 28.6 Å². The number of hydrogen-bond acceptors (Lipinski definition) is 3. The van der Waals surface area contributed by atoms with Crippen molar-refractivity contribution in [1.82, 2.24) is 4.98 Å². The van der Waals surface area contributed by atoms with Gasteiger partial charge in [0.05, 0.1) is 0 Å². The first-order chi connectivity index (χ1) is 8.71. The van der Waals surface area contributed by atoms with Gasteiger partial charge in [-0.05, 0) is 42.5 Å². The lowest BCUT2D eigenvalue weighted by Gasteiger charge is -2.31. The minimum Gasteiger partial charge on any atom is -0.323 e. The highest BCUT2D eigenvalue weighted by Crippen LogP contribution is 2.46. The van der Waals surface area contributed by atoms with E-state index >= 15 is 0 Å². The van der Waals surface area contributed by atoms with Crippen LogP contribution >= 0.6 is 11.8 Å². The molecule has 2 N–H and O–H groups in total. The molecule has 0 radical (unpaired) electrons. The van der Waals surface area contributed by atoms with E-state index in [9.17, 15) is 0 Å². The second-order valence-corrected chi connectivity index (χ2v) is 6.82. The molecule has 2 heterocycles. The molecule has 1 aromatic heterocycles. The number of fused-ring (bicyclic) bond motifs is 1. The van der Waals surface area contributed by atoms with Crippen LogP contribution in [0.25, 0.3) is 10.8 Å². The Kier molecular flexibility index (Phi) is 3.04. The molecule has 94 valence electrons. The average molecular weight is 258 g/mol. The van der Waals surface area contributed by atoms with Gasteiger partial charge >= 0.3 is 0 Å². The Morgan fingerprint density at radius 2 is 2.28 bits per heavy atom. The highest BCUT2D eigenvalue weighted by Gasteiger charge is 2.37. The fraction of sp³-hybridized carbons (Fsp3) is 0.400. The molecule has 3 heteroatoms. The van der Waals surface area contributed by atoms with Crippen molar-refractivity contribution in [2.24, 2.45) is 5.73 Å². The van der Waals surface area contributed by atoms with Crippen LogP contribution in [0, 0.1) is 0 Å². The number of nitrogens with two attached hydrogens (primary N) is 1. The SMILES string of the molecule is CC1(C(N)c2cccc3cnccc23)CCCS1. The summed E-state index contributed by atoms with van der Waals surface area (Å²) in [6.07, 6.45) is 6.25. The topological polar surface area (TPSA) is 38.9 Å². The third-order valence-corrected chi connectivity index (χ3v) is 5.57. The van der Waals surface area contributed by atoms with Gasteiger partial charge < -0.3 is 5.73 Å². The van der Waals surface area contributed by atoms with Gasteiger partial charge in [0.25, 0.3) is 0 Å². The molecule has 0 saturated carbocycles. The third kappa shape index (κ3) is 1.91. The molecule has 2 unspecified atom stereocenters. The summed E-state index contributed by atoms with van der Waals surface area (Å²) in [4.78, 5) is 4.18. The van der Waals surface area contributed by atoms with Gasteiger partial charge in [-0.15, -0.1) is 0 Å². The summed E-state index contributed by atoms with van der Waals surface area (Å²) in [6, 6.07) is 8.52. The van der Waals surface area contributed by atoms with Crippen LogP contribution in [0.15, 0.2) is 36.7 Å². The van der Waals surface area contributed by atoms with Crippen LogP contribution in [0.1, 0.15) is 31.4 Å². The predicted octanol–water partition coefficient (Wildman–Crippen LogP) is 3.52. The Morgan fingerprint density at radius 3 is 3.06 bits per heavy atom. The second-order valence-electron chi connectivity index (χ2n) is 5.19. The maximum atomic E-state index is 6.56. The summed E-state index contributed by atoms with van der Waals surface area (Å²) in [5.74, 6) is 1.23. The molecule has 0 bridgehead atoms. The molecule has 1 aromatic carbocycles. The molecule has 1 saturated heterocycles. The number of nitrogens with zero attached hydrogens (tertiary/aromatic N) is 1. The van der Waals surface area contributed by atoms with Gasteiger partial charge in [-0.1, -0.05) is 18.2 Å². The zero-order chi connectivity index (χ0) is 12.6. The van der Waals surface area contributed by atoms with E-state index in [4.69, 9.17) is 5.73 Å². The Labute approximate surface area is 112 Å². The normalized spacial score (nSPS) is 25.4. The summed E-state index contributed by atoms with van der Waals surface area (Å²) in [6.45, 7) is 2.30. The molecule has 1 fully saturated rings. The lowest BCUT2D eigenvalue weighted by molar-refractivity contribution is 0.504. The van der Waals surface area contributed by atoms with Crippen molar-refractivity contribution in [3.63, 3.8) is 0 Å². The van der Waals surface area contributed by atoms with Crippen molar-refractivity contribution in [1.29, 1.82) is 0 Å². The molecular weight excluding hydrogens is 240 g/mol. The van der Waals surface area contributed by atoms with E-state index in [0.29, 0.717) is 0 Å². The van der Waals surface area contributed by atoms with Crippen LogP contribution in [0.5, 0.6) is 0 Å². The fourth-order valence-corrected chi connectivity index (χ4v) is 4.14. The molecule has 2 aromatic rings. The van der Waals surface area contributed by atoms with E-state index in [-0.39, 0.29) is 10.8 Å². The molecule has 18 heavy (non-hydrogen) atoms. The Bertz CT molecular complexity index is 556. The molecule has 3 rings (SSSR count). The third-order valence-electron chi connectivity index (χ3n) is 3.96. The first-order valence-corrected chi connectivity index (χ1v) is 7.41. The van der Waals surface area contributed by atoms with Crippen LogP contribution in [0.2, 0.25) is 0 Å². The number of pyridine rings is 1. The molecule has 0 spiro atoms. The van der Waals surface area contributed by atoms with Gasteiger partial charge in [0.15, 0.2) is 0 Å². The Hall–Kier alpha value is -1.06. The van der Waals surface area contributed by atoms with E-state index in [1.54, 1.807) is 0 Å². The zero-order valence-electron chi connectivity index (χ0n) is 10.6. The lowest BCUT2D eigenvalue weighted by Crippen LogP contribution is -2.33. The second kappa shape index (κ2) is 4.56. The highest BCUT2D eigenvalue weighted by molar-refractivity contribution is 8.00. The molecule has 2 nitrogen and oxygen atoms in total. The van der Waals surface area contributed by atoms with E-state index in [2.05, 4.69) is 36.2 Å². The standard InChI is InChI=1S/C15H18N2S/c1-15(7-3-9-18-15)14(16)13-5-2-4-11-10-17-8-6-12(11)13/h2,4-6,8,10,14H,3,7,9,16H2,1H3. The number of aromatic nitrogens is 1. The first-order valence-electron chi connectivity index (χ1n) is 6.43. The minimum atomic E-state index is 0.0936. The van der Waals surface area contributed by atoms with Crippen LogP contribution in [0.3, 0.4) is 0 Å². The molecule has 0 amide bonds. The number of benzene rings is 1. The molecule has 1 aliphatic rings. The van der Waals surface area contributed by atoms with Crippen molar-refractivity contribution < 1.29 is 0 Å². The lowest BCUT2D eigenvalue weighted by atomic mass is 9.88. The maximum Gasteiger partial charge on any atom is 0.0447 e. The zero-order valence-corrected chi connectivity index (χ0v) is 11.4. The van der Waals surface area contributed by atoms with E-state index in [0.717, 1.165) is 0 Å². The van der Waals surface area contributed by atoms with Gasteiger partial charge in [-0.25, -0.2) is 0 Å². The molecule has 1 aliphatic heterocycles. The first kappa shape index (κ1) is 12.0. The van der Waals surface area contributed by atoms with Crippen molar-refractivity contribution in [2.45, 2.75) is 30.6 Å². The molecular formula is C15H18N2S. The fourth-order valence-electron chi connectivity index (χ4n) is 2.79. The van der Waals surface area contributed by atoms with E-state index in [1.165, 1.54) is 34.9 Å². The van der Waals surface area contributed by atoms with Crippen LogP contribution < -0.4 is 5.73 Å². The van der Waals surface area contributed by atoms with Crippen LogP contribution in [-0.2, 0) is 0 Å². The summed E-state index contributed by atoms with van der Waals surface area (Å²) >= 11 is 2.02. The van der Waals surface area contributed by atoms with Gasteiger partial charge in [-0.3, -0.25) is 4.98 Å². The number of thioether (sulfide) groups is 1. The summed E-state index contributed by atoms with van der Waals surface area (Å²) < 4.78 is 0.178. The summed E-state index contributed by atoms with van der Waals surface area (Å²) in [5, 5.41) is 2.42. The monoisotopic (exact) mass is 258 g/mol. The Balaban J connectivity index is 2.08. The van der Waals surface area contributed by atoms with Gasteiger partial charge in [0.2, 0.25) is 0 Å². The molecule has 0 aliphatic carbocycles. The van der Waals surface area contributed by atoms with Crippen LogP contribution in [-0.4, -0.2) is 15.5 Å².